The van der Waals surface area contributed by atoms with E-state index in [0.29, 0.717) is 56.7 Å². The molecule has 1 aromatic rings. The van der Waals surface area contributed by atoms with Crippen LogP contribution in [0.1, 0.15) is 0 Å². The van der Waals surface area contributed by atoms with Crippen molar-refractivity contribution in [3.63, 3.8) is 0 Å². The van der Waals surface area contributed by atoms with E-state index < -0.39 is 10.0 Å². The molecule has 27 heavy (non-hydrogen) atoms. The van der Waals surface area contributed by atoms with Crippen molar-refractivity contribution in [3.05, 3.63) is 18.2 Å². The molecule has 0 unspecified atom stereocenters. The Bertz CT molecular complexity index is 764. The number of carbonyl (C=O) groups excluding carboxylic acids is 1. The Morgan fingerprint density at radius 1 is 1.15 bits per heavy atom. The molecule has 0 atom stereocenters. The molecular weight excluding hydrogens is 374 g/mol. The SMILES string of the molecule is CS(=O)(=O)N(CC(=O)NCCN1CCOCC1)c1ccc2c(c1)OCCO2. The van der Waals surface area contributed by atoms with Gasteiger partial charge in [-0.2, -0.15) is 0 Å². The average Bonchev–Trinajstić information content (AvgIpc) is 2.66. The fourth-order valence-electron chi connectivity index (χ4n) is 2.95. The van der Waals surface area contributed by atoms with Gasteiger partial charge in [0.15, 0.2) is 11.5 Å². The first-order valence-corrected chi connectivity index (χ1v) is 10.7. The van der Waals surface area contributed by atoms with Gasteiger partial charge in [0, 0.05) is 32.2 Å². The van der Waals surface area contributed by atoms with E-state index in [1.807, 2.05) is 0 Å². The zero-order valence-electron chi connectivity index (χ0n) is 15.3. The van der Waals surface area contributed by atoms with Crippen LogP contribution in [0.15, 0.2) is 18.2 Å². The molecule has 1 aromatic carbocycles. The lowest BCUT2D eigenvalue weighted by atomic mass is 10.2. The first-order chi connectivity index (χ1) is 12.9. The number of nitrogens with zero attached hydrogens (tertiary/aromatic N) is 2. The monoisotopic (exact) mass is 399 g/mol. The molecule has 0 radical (unpaired) electrons. The van der Waals surface area contributed by atoms with Gasteiger partial charge in [-0.1, -0.05) is 0 Å². The molecule has 0 spiro atoms. The first-order valence-electron chi connectivity index (χ1n) is 8.87. The third-order valence-electron chi connectivity index (χ3n) is 4.36. The Labute approximate surface area is 159 Å². The average molecular weight is 399 g/mol. The van der Waals surface area contributed by atoms with Gasteiger partial charge in [0.05, 0.1) is 25.2 Å². The molecule has 0 aromatic heterocycles. The number of hydrogen-bond acceptors (Lipinski definition) is 7. The minimum absolute atomic E-state index is 0.290. The molecule has 1 amide bonds. The third kappa shape index (κ3) is 5.47. The molecule has 3 rings (SSSR count). The van der Waals surface area contributed by atoms with Crippen molar-refractivity contribution in [2.24, 2.45) is 0 Å². The molecule has 9 nitrogen and oxygen atoms in total. The molecule has 10 heteroatoms. The number of fused-ring (bicyclic) bond motifs is 1. The lowest BCUT2D eigenvalue weighted by Crippen LogP contribution is -2.44. The van der Waals surface area contributed by atoms with Gasteiger partial charge in [0.25, 0.3) is 0 Å². The van der Waals surface area contributed by atoms with Crippen molar-refractivity contribution in [3.8, 4) is 11.5 Å². The van der Waals surface area contributed by atoms with Crippen LogP contribution in [0.3, 0.4) is 0 Å². The van der Waals surface area contributed by atoms with E-state index in [0.717, 1.165) is 23.7 Å². The van der Waals surface area contributed by atoms with Gasteiger partial charge >= 0.3 is 0 Å². The number of benzene rings is 1. The normalized spacial score (nSPS) is 17.4. The maximum Gasteiger partial charge on any atom is 0.240 e. The van der Waals surface area contributed by atoms with E-state index in [1.165, 1.54) is 0 Å². The van der Waals surface area contributed by atoms with Crippen LogP contribution in [-0.4, -0.2) is 84.6 Å². The predicted molar refractivity (Wildman–Crippen MR) is 99.9 cm³/mol. The van der Waals surface area contributed by atoms with Crippen molar-refractivity contribution in [1.82, 2.24) is 10.2 Å². The molecule has 150 valence electrons. The molecule has 2 heterocycles. The van der Waals surface area contributed by atoms with Gasteiger partial charge in [-0.15, -0.1) is 0 Å². The van der Waals surface area contributed by atoms with Crippen molar-refractivity contribution in [2.45, 2.75) is 0 Å². The highest BCUT2D eigenvalue weighted by Crippen LogP contribution is 2.34. The number of nitrogens with one attached hydrogen (secondary N) is 1. The van der Waals surface area contributed by atoms with Crippen LogP contribution >= 0.6 is 0 Å². The molecule has 1 saturated heterocycles. The third-order valence-corrected chi connectivity index (χ3v) is 5.50. The number of hydrogen-bond donors (Lipinski definition) is 1. The number of anilines is 1. The Morgan fingerprint density at radius 3 is 2.56 bits per heavy atom. The lowest BCUT2D eigenvalue weighted by Gasteiger charge is -2.27. The molecule has 2 aliphatic rings. The van der Waals surface area contributed by atoms with Crippen LogP contribution in [0.5, 0.6) is 11.5 Å². The second kappa shape index (κ2) is 8.77. The summed E-state index contributed by atoms with van der Waals surface area (Å²) in [5.74, 6) is 0.678. The smallest absolute Gasteiger partial charge is 0.240 e. The number of morpholine rings is 1. The zero-order chi connectivity index (χ0) is 19.3. The van der Waals surface area contributed by atoms with Crippen LogP contribution in [0, 0.1) is 0 Å². The summed E-state index contributed by atoms with van der Waals surface area (Å²) in [5.41, 5.74) is 0.366. The minimum Gasteiger partial charge on any atom is -0.486 e. The topological polar surface area (TPSA) is 97.4 Å². The van der Waals surface area contributed by atoms with Gasteiger partial charge in [-0.3, -0.25) is 14.0 Å². The van der Waals surface area contributed by atoms with Crippen molar-refractivity contribution in [2.75, 3.05) is 69.7 Å². The molecule has 1 fully saturated rings. The summed E-state index contributed by atoms with van der Waals surface area (Å²) in [7, 11) is -3.64. The fourth-order valence-corrected chi connectivity index (χ4v) is 3.80. The van der Waals surface area contributed by atoms with Crippen LogP contribution in [-0.2, 0) is 19.6 Å². The quantitative estimate of drug-likeness (QED) is 0.671. The number of amides is 1. The molecular formula is C17H25N3O6S. The molecule has 1 N–H and O–H groups in total. The summed E-state index contributed by atoms with van der Waals surface area (Å²) in [6, 6.07) is 4.84. The fraction of sp³-hybridized carbons (Fsp3) is 0.588. The van der Waals surface area contributed by atoms with Gasteiger partial charge in [0.2, 0.25) is 15.9 Å². The zero-order valence-corrected chi connectivity index (χ0v) is 16.2. The van der Waals surface area contributed by atoms with Crippen molar-refractivity contribution in [1.29, 1.82) is 0 Å². The number of sulfonamides is 1. The molecule has 0 bridgehead atoms. The first kappa shape index (κ1) is 19.7. The summed E-state index contributed by atoms with van der Waals surface area (Å²) in [6.07, 6.45) is 1.07. The summed E-state index contributed by atoms with van der Waals surface area (Å²) in [6.45, 7) is 4.78. The Kier molecular flexibility index (Phi) is 6.40. The van der Waals surface area contributed by atoms with E-state index in [9.17, 15) is 13.2 Å². The van der Waals surface area contributed by atoms with Gasteiger partial charge in [0.1, 0.15) is 19.8 Å². The highest BCUT2D eigenvalue weighted by molar-refractivity contribution is 7.92. The van der Waals surface area contributed by atoms with E-state index >= 15 is 0 Å². The minimum atomic E-state index is -3.64. The highest BCUT2D eigenvalue weighted by atomic mass is 32.2. The van der Waals surface area contributed by atoms with Gasteiger partial charge in [-0.05, 0) is 12.1 Å². The summed E-state index contributed by atoms with van der Waals surface area (Å²) in [4.78, 5) is 14.5. The van der Waals surface area contributed by atoms with Crippen LogP contribution in [0.4, 0.5) is 5.69 Å². The summed E-state index contributed by atoms with van der Waals surface area (Å²) < 4.78 is 41.7. The predicted octanol–water partition coefficient (Wildman–Crippen LogP) is -0.328. The van der Waals surface area contributed by atoms with Gasteiger partial charge < -0.3 is 19.5 Å². The second-order valence-corrected chi connectivity index (χ2v) is 8.31. The number of ether oxygens (including phenoxy) is 3. The van der Waals surface area contributed by atoms with Gasteiger partial charge in [-0.25, -0.2) is 8.42 Å². The lowest BCUT2D eigenvalue weighted by molar-refractivity contribution is -0.119. The van der Waals surface area contributed by atoms with E-state index in [4.69, 9.17) is 14.2 Å². The molecule has 2 aliphatic heterocycles. The van der Waals surface area contributed by atoms with Crippen LogP contribution in [0.25, 0.3) is 0 Å². The molecule has 0 saturated carbocycles. The van der Waals surface area contributed by atoms with E-state index in [2.05, 4.69) is 10.2 Å². The second-order valence-electron chi connectivity index (χ2n) is 6.40. The van der Waals surface area contributed by atoms with Crippen LogP contribution in [0.2, 0.25) is 0 Å². The maximum absolute atomic E-state index is 12.3. The van der Waals surface area contributed by atoms with Crippen molar-refractivity contribution >= 4 is 21.6 Å². The number of carbonyl (C=O) groups is 1. The largest absolute Gasteiger partial charge is 0.486 e. The Hall–Kier alpha value is -2.04. The van der Waals surface area contributed by atoms with E-state index in [1.54, 1.807) is 18.2 Å². The van der Waals surface area contributed by atoms with Crippen LogP contribution < -0.4 is 19.1 Å². The van der Waals surface area contributed by atoms with E-state index in [-0.39, 0.29) is 12.5 Å². The summed E-state index contributed by atoms with van der Waals surface area (Å²) >= 11 is 0. The molecule has 0 aliphatic carbocycles. The Balaban J connectivity index is 1.60. The number of rotatable bonds is 7. The summed E-state index contributed by atoms with van der Waals surface area (Å²) in [5, 5.41) is 2.78. The Morgan fingerprint density at radius 2 is 1.85 bits per heavy atom. The standard InChI is InChI=1S/C17H25N3O6S/c1-27(22,23)20(14-2-3-15-16(12-14)26-11-10-25-15)13-17(21)18-4-5-19-6-8-24-9-7-19/h2-3,12H,4-11,13H2,1H3,(H,18,21). The highest BCUT2D eigenvalue weighted by Gasteiger charge is 2.23. The van der Waals surface area contributed by atoms with Crippen molar-refractivity contribution < 1.29 is 27.4 Å². The maximum atomic E-state index is 12.3.